The van der Waals surface area contributed by atoms with Crippen molar-refractivity contribution in [3.05, 3.63) is 0 Å². The van der Waals surface area contributed by atoms with Crippen molar-refractivity contribution < 1.29 is 19.4 Å². The number of amides is 1. The third-order valence-electron chi connectivity index (χ3n) is 14.5. The molecule has 0 spiro atoms. The molecule has 4 aliphatic rings. The van der Waals surface area contributed by atoms with Gasteiger partial charge in [0.1, 0.15) is 6.10 Å². The minimum atomic E-state index is -0.144. The Kier molecular flexibility index (Phi) is 15.0. The molecule has 0 bridgehead atoms. The fraction of sp³-hybridized carbons (Fsp3) is 0.952. The molecule has 1 N–H and O–H groups in total. The number of fused-ring (bicyclic) bond motifs is 5. The maximum absolute atomic E-state index is 13.8. The summed E-state index contributed by atoms with van der Waals surface area (Å²) in [4.78, 5) is 28.6. The molecule has 0 saturated heterocycles. The van der Waals surface area contributed by atoms with Crippen LogP contribution in [0.5, 0.6) is 0 Å². The number of aliphatic hydroxyl groups is 1. The van der Waals surface area contributed by atoms with Gasteiger partial charge >= 0.3 is 5.97 Å². The topological polar surface area (TPSA) is 66.8 Å². The molecule has 5 nitrogen and oxygen atoms in total. The molecule has 0 unspecified atom stereocenters. The minimum Gasteiger partial charge on any atom is -0.462 e. The fourth-order valence-electron chi connectivity index (χ4n) is 11.7. The predicted octanol–water partition coefficient (Wildman–Crippen LogP) is 10.5. The van der Waals surface area contributed by atoms with E-state index in [4.69, 9.17) is 4.74 Å². The SMILES string of the molecule is CCCCCCCCN(CCCCCCCC)C(=O)CC[C@@H](C)[C@H]1CC[C@H]2[C@@H]3CC[C@@H]4C[C@H](O)CC[C@]4(C)[C@H]3C[C@H](OC(C)=O)[C@]12C. The van der Waals surface area contributed by atoms with Gasteiger partial charge in [0.15, 0.2) is 0 Å². The average Bonchev–Trinajstić information content (AvgIpc) is 3.41. The first-order valence-electron chi connectivity index (χ1n) is 20.7. The van der Waals surface area contributed by atoms with E-state index in [-0.39, 0.29) is 29.0 Å². The van der Waals surface area contributed by atoms with Gasteiger partial charge in [-0.25, -0.2) is 0 Å². The van der Waals surface area contributed by atoms with Crippen LogP contribution in [0.4, 0.5) is 0 Å². The van der Waals surface area contributed by atoms with Crippen LogP contribution in [-0.2, 0) is 14.3 Å². The van der Waals surface area contributed by atoms with E-state index in [0.717, 1.165) is 58.0 Å². The van der Waals surface area contributed by atoms with E-state index in [1.807, 2.05) is 0 Å². The summed E-state index contributed by atoms with van der Waals surface area (Å²) < 4.78 is 6.34. The van der Waals surface area contributed by atoms with Crippen LogP contribution in [0.25, 0.3) is 0 Å². The van der Waals surface area contributed by atoms with Gasteiger partial charge in [0.05, 0.1) is 6.10 Å². The second kappa shape index (κ2) is 18.2. The van der Waals surface area contributed by atoms with Gasteiger partial charge in [-0.15, -0.1) is 0 Å². The Balaban J connectivity index is 1.39. The molecule has 0 aliphatic heterocycles. The molecule has 272 valence electrons. The summed E-state index contributed by atoms with van der Waals surface area (Å²) in [6.45, 7) is 15.4. The number of hydrogen-bond donors (Lipinski definition) is 1. The van der Waals surface area contributed by atoms with E-state index in [1.54, 1.807) is 6.92 Å². The third-order valence-corrected chi connectivity index (χ3v) is 14.5. The summed E-state index contributed by atoms with van der Waals surface area (Å²) in [5.41, 5.74) is 0.219. The summed E-state index contributed by atoms with van der Waals surface area (Å²) in [5, 5.41) is 10.5. The maximum atomic E-state index is 13.8. The van der Waals surface area contributed by atoms with Crippen molar-refractivity contribution in [3.8, 4) is 0 Å². The first kappa shape index (κ1) is 38.7. The van der Waals surface area contributed by atoms with E-state index in [0.29, 0.717) is 47.8 Å². The highest BCUT2D eigenvalue weighted by molar-refractivity contribution is 5.76. The number of aliphatic hydroxyl groups excluding tert-OH is 1. The molecule has 0 radical (unpaired) electrons. The quantitative estimate of drug-likeness (QED) is 0.111. The summed E-state index contributed by atoms with van der Waals surface area (Å²) in [6, 6.07) is 0. The van der Waals surface area contributed by atoms with E-state index in [1.165, 1.54) is 89.9 Å². The molecule has 0 aromatic rings. The Morgan fingerprint density at radius 3 is 2.04 bits per heavy atom. The largest absolute Gasteiger partial charge is 0.462 e. The van der Waals surface area contributed by atoms with Crippen molar-refractivity contribution in [1.29, 1.82) is 0 Å². The molecule has 1 amide bonds. The van der Waals surface area contributed by atoms with Crippen LogP contribution in [-0.4, -0.2) is 47.2 Å². The van der Waals surface area contributed by atoms with Gasteiger partial charge in [-0.1, -0.05) is 98.8 Å². The summed E-state index contributed by atoms with van der Waals surface area (Å²) in [7, 11) is 0. The van der Waals surface area contributed by atoms with Gasteiger partial charge in [0, 0.05) is 31.8 Å². The standard InChI is InChI=1S/C42H75NO4/c1-7-9-11-13-15-17-27-43(28-18-16-14-12-10-8-2)40(46)24-19-31(3)36-22-23-37-35-21-20-33-29-34(45)25-26-41(33,5)38(35)30-39(42(36,37)6)47-32(4)44/h31,33-39,45H,7-30H2,1-6H3/t31-,33-,34-,35+,36-,37+,38+,39+,41+,42-/m1/s1. The third kappa shape index (κ3) is 9.37. The average molecular weight is 658 g/mol. The number of nitrogens with zero attached hydrogens (tertiary/aromatic N) is 1. The summed E-state index contributed by atoms with van der Waals surface area (Å²) in [6.07, 6.45) is 25.4. The Labute approximate surface area is 290 Å². The lowest BCUT2D eigenvalue weighted by molar-refractivity contribution is -0.196. The van der Waals surface area contributed by atoms with Gasteiger partial charge in [-0.3, -0.25) is 9.59 Å². The number of esters is 1. The molecule has 0 aromatic carbocycles. The minimum absolute atomic E-state index is 0.0245. The van der Waals surface area contributed by atoms with Crippen LogP contribution in [0.2, 0.25) is 0 Å². The zero-order valence-corrected chi connectivity index (χ0v) is 31.7. The Morgan fingerprint density at radius 2 is 1.43 bits per heavy atom. The van der Waals surface area contributed by atoms with E-state index in [2.05, 4.69) is 39.5 Å². The lowest BCUT2D eigenvalue weighted by atomic mass is 9.43. The second-order valence-corrected chi connectivity index (χ2v) is 17.4. The highest BCUT2D eigenvalue weighted by atomic mass is 16.5. The van der Waals surface area contributed by atoms with Crippen molar-refractivity contribution in [3.63, 3.8) is 0 Å². The van der Waals surface area contributed by atoms with Crippen LogP contribution >= 0.6 is 0 Å². The van der Waals surface area contributed by atoms with E-state index in [9.17, 15) is 14.7 Å². The molecule has 4 aliphatic carbocycles. The van der Waals surface area contributed by atoms with E-state index >= 15 is 0 Å². The van der Waals surface area contributed by atoms with Gasteiger partial charge < -0.3 is 14.7 Å². The molecular formula is C42H75NO4. The number of rotatable bonds is 19. The number of ether oxygens (including phenoxy) is 1. The highest BCUT2D eigenvalue weighted by Crippen LogP contribution is 2.69. The Morgan fingerprint density at radius 1 is 0.809 bits per heavy atom. The molecule has 4 rings (SSSR count). The van der Waals surface area contributed by atoms with Crippen molar-refractivity contribution in [2.24, 2.45) is 46.3 Å². The normalized spacial score (nSPS) is 35.4. The molecule has 4 fully saturated rings. The van der Waals surface area contributed by atoms with Gasteiger partial charge in [0.25, 0.3) is 0 Å². The van der Waals surface area contributed by atoms with Crippen LogP contribution in [0.3, 0.4) is 0 Å². The maximum Gasteiger partial charge on any atom is 0.302 e. The van der Waals surface area contributed by atoms with Crippen LogP contribution in [0, 0.1) is 46.3 Å². The van der Waals surface area contributed by atoms with Crippen LogP contribution < -0.4 is 0 Å². The van der Waals surface area contributed by atoms with Crippen molar-refractivity contribution >= 4 is 11.9 Å². The van der Waals surface area contributed by atoms with Gasteiger partial charge in [-0.05, 0) is 112 Å². The van der Waals surface area contributed by atoms with Crippen LogP contribution in [0.1, 0.15) is 183 Å². The molecule has 0 heterocycles. The van der Waals surface area contributed by atoms with E-state index < -0.39 is 0 Å². The number of carbonyl (C=O) groups is 2. The smallest absolute Gasteiger partial charge is 0.302 e. The zero-order chi connectivity index (χ0) is 34.0. The molecule has 47 heavy (non-hydrogen) atoms. The molecule has 5 heteroatoms. The van der Waals surface area contributed by atoms with Gasteiger partial charge in [0.2, 0.25) is 5.91 Å². The number of hydrogen-bond acceptors (Lipinski definition) is 4. The number of carbonyl (C=O) groups excluding carboxylic acids is 2. The molecular weight excluding hydrogens is 582 g/mol. The lowest BCUT2D eigenvalue weighted by Crippen LogP contribution is -2.59. The fourth-order valence-corrected chi connectivity index (χ4v) is 11.7. The second-order valence-electron chi connectivity index (χ2n) is 17.4. The first-order valence-corrected chi connectivity index (χ1v) is 20.7. The van der Waals surface area contributed by atoms with Crippen molar-refractivity contribution in [2.45, 2.75) is 195 Å². The summed E-state index contributed by atoms with van der Waals surface area (Å²) in [5.74, 6) is 3.57. The Bertz CT molecular complexity index is 952. The summed E-state index contributed by atoms with van der Waals surface area (Å²) >= 11 is 0. The van der Waals surface area contributed by atoms with Crippen LogP contribution in [0.15, 0.2) is 0 Å². The van der Waals surface area contributed by atoms with Crippen molar-refractivity contribution in [1.82, 2.24) is 4.90 Å². The first-order chi connectivity index (χ1) is 22.6. The van der Waals surface area contributed by atoms with Gasteiger partial charge in [-0.2, -0.15) is 0 Å². The highest BCUT2D eigenvalue weighted by Gasteiger charge is 2.65. The predicted molar refractivity (Wildman–Crippen MR) is 194 cm³/mol. The molecule has 10 atom stereocenters. The number of unbranched alkanes of at least 4 members (excludes halogenated alkanes) is 10. The Hall–Kier alpha value is -1.10. The van der Waals surface area contributed by atoms with Crippen molar-refractivity contribution in [2.75, 3.05) is 13.1 Å². The lowest BCUT2D eigenvalue weighted by Gasteiger charge is -2.62. The molecule has 4 saturated carbocycles. The molecule has 0 aromatic heterocycles. The zero-order valence-electron chi connectivity index (χ0n) is 31.7. The monoisotopic (exact) mass is 658 g/mol.